The van der Waals surface area contributed by atoms with Gasteiger partial charge in [-0.2, -0.15) is 0 Å². The second-order valence-corrected chi connectivity index (χ2v) is 17.0. The lowest BCUT2D eigenvalue weighted by atomic mass is 9.67. The molecule has 12 nitrogen and oxygen atoms in total. The predicted molar refractivity (Wildman–Crippen MR) is 203 cm³/mol. The molecule has 2 bridgehead atoms. The second kappa shape index (κ2) is 16.3. The van der Waals surface area contributed by atoms with E-state index < -0.39 is 83.2 Å². The summed E-state index contributed by atoms with van der Waals surface area (Å²) in [5, 5.41) is 11.5. The quantitative estimate of drug-likeness (QED) is 0.280. The Kier molecular flexibility index (Phi) is 12.8. The van der Waals surface area contributed by atoms with Gasteiger partial charge in [-0.25, -0.2) is 4.79 Å². The number of carbonyl (C=O) groups is 3. The summed E-state index contributed by atoms with van der Waals surface area (Å²) >= 11 is 0. The van der Waals surface area contributed by atoms with Crippen molar-refractivity contribution >= 4 is 23.9 Å². The highest BCUT2D eigenvalue weighted by atomic mass is 16.7. The highest BCUT2D eigenvalue weighted by Gasteiger charge is 2.65. The average molecular weight is 757 g/mol. The van der Waals surface area contributed by atoms with E-state index in [0.29, 0.717) is 19.3 Å². The van der Waals surface area contributed by atoms with Gasteiger partial charge in [-0.1, -0.05) is 70.2 Å². The third-order valence-electron chi connectivity index (χ3n) is 13.3. The van der Waals surface area contributed by atoms with Crippen molar-refractivity contribution in [2.75, 3.05) is 27.8 Å². The molecule has 4 aliphatic rings. The third-order valence-corrected chi connectivity index (χ3v) is 13.3. The zero-order valence-corrected chi connectivity index (χ0v) is 34.3. The molecule has 1 unspecified atom stereocenters. The van der Waals surface area contributed by atoms with Crippen molar-refractivity contribution in [1.82, 2.24) is 9.80 Å². The number of rotatable bonds is 7. The molecule has 0 radical (unpaired) electrons. The first kappa shape index (κ1) is 42.3. The molecule has 0 aliphatic carbocycles. The summed E-state index contributed by atoms with van der Waals surface area (Å²) in [5.41, 5.74) is -2.31. The number of hydrogen-bond donors (Lipinski definition) is 1. The van der Waals surface area contributed by atoms with Gasteiger partial charge in [0.05, 0.1) is 42.1 Å². The summed E-state index contributed by atoms with van der Waals surface area (Å²) in [7, 11) is 5.39. The van der Waals surface area contributed by atoms with Crippen LogP contribution in [0, 0.1) is 23.7 Å². The molecule has 0 aromatic heterocycles. The maximum absolute atomic E-state index is 14.4. The lowest BCUT2D eigenvalue weighted by Crippen LogP contribution is -2.62. The molecule has 0 spiro atoms. The fraction of sp³-hybridized carbons (Fsp3) is 0.738. The van der Waals surface area contributed by atoms with E-state index in [4.69, 9.17) is 28.4 Å². The largest absolute Gasteiger partial charge is 0.458 e. The zero-order chi connectivity index (χ0) is 39.9. The van der Waals surface area contributed by atoms with Crippen LogP contribution in [0.15, 0.2) is 36.4 Å². The smallest absolute Gasteiger partial charge is 0.411 e. The van der Waals surface area contributed by atoms with E-state index in [0.717, 1.165) is 5.56 Å². The average Bonchev–Trinajstić information content (AvgIpc) is 3.34. The van der Waals surface area contributed by atoms with Crippen LogP contribution in [-0.2, 0) is 38.0 Å². The molecule has 302 valence electrons. The van der Waals surface area contributed by atoms with Crippen molar-refractivity contribution in [3.8, 4) is 0 Å². The summed E-state index contributed by atoms with van der Waals surface area (Å²) in [5.74, 6) is -3.74. The molecular weight excluding hydrogens is 692 g/mol. The summed E-state index contributed by atoms with van der Waals surface area (Å²) in [6.07, 6.45) is 0.648. The number of methoxy groups -OCH3 is 1. The number of ether oxygens (including phenoxy) is 6. The number of benzene rings is 1. The number of esters is 1. The minimum atomic E-state index is -1.27. The molecule has 1 aromatic rings. The molecule has 5 rings (SSSR count). The van der Waals surface area contributed by atoms with Gasteiger partial charge in [-0.15, -0.1) is 0 Å². The predicted octanol–water partition coefficient (Wildman–Crippen LogP) is 5.49. The number of aliphatic hydroxyl groups is 1. The highest BCUT2D eigenvalue weighted by Crippen LogP contribution is 2.50. The molecular formula is C42H64N2O10. The van der Waals surface area contributed by atoms with Crippen molar-refractivity contribution in [3.63, 3.8) is 0 Å². The second-order valence-electron chi connectivity index (χ2n) is 17.0. The number of hydrogen-bond acceptors (Lipinski definition) is 11. The van der Waals surface area contributed by atoms with E-state index in [-0.39, 0.29) is 30.6 Å². The van der Waals surface area contributed by atoms with E-state index in [1.54, 1.807) is 25.9 Å². The topological polar surface area (TPSA) is 133 Å². The van der Waals surface area contributed by atoms with Crippen LogP contribution >= 0.6 is 0 Å². The molecule has 12 heteroatoms. The van der Waals surface area contributed by atoms with E-state index in [1.165, 1.54) is 0 Å². The lowest BCUT2D eigenvalue weighted by Gasteiger charge is -2.50. The number of carbonyl (C=O) groups excluding carboxylic acids is 3. The molecule has 54 heavy (non-hydrogen) atoms. The minimum absolute atomic E-state index is 0.189. The SMILES string of the molecule is CC[C@H]1OC(=O)[C@H](C)C(=O)[C@H](C)[C@@H](O[C@@H]2O[C@H](C)C[C@H](N(C)C)[C@H]2O)[C@](C)(OC)C[C@@H](C)[C@]2(C)OCC(/C=C/c3ccccc3)N3C(=O)O[C@@]1(C)[C@H]3[C@H]2C. The molecule has 4 fully saturated rings. The van der Waals surface area contributed by atoms with Gasteiger partial charge < -0.3 is 38.4 Å². The Bertz CT molecular complexity index is 1520. The van der Waals surface area contributed by atoms with E-state index in [9.17, 15) is 19.5 Å². The highest BCUT2D eigenvalue weighted by molar-refractivity contribution is 6.00. The number of likely N-dealkylation sites (N-methyl/N-ethyl adjacent to an activating group) is 1. The minimum Gasteiger partial charge on any atom is -0.458 e. The normalized spacial score (nSPS) is 43.8. The van der Waals surface area contributed by atoms with Crippen molar-refractivity contribution < 1.29 is 47.9 Å². The van der Waals surface area contributed by atoms with Gasteiger partial charge in [-0.3, -0.25) is 14.5 Å². The van der Waals surface area contributed by atoms with Crippen LogP contribution in [-0.4, -0.2) is 126 Å². The number of amides is 1. The molecule has 0 saturated carbocycles. The van der Waals surface area contributed by atoms with E-state index in [1.807, 2.05) is 89.2 Å². The number of aliphatic hydroxyl groups excluding tert-OH is 1. The molecule has 4 heterocycles. The van der Waals surface area contributed by atoms with Gasteiger partial charge in [0.2, 0.25) is 0 Å². The fourth-order valence-electron chi connectivity index (χ4n) is 9.57. The summed E-state index contributed by atoms with van der Waals surface area (Å²) in [4.78, 5) is 46.2. The van der Waals surface area contributed by atoms with Crippen molar-refractivity contribution in [2.24, 2.45) is 23.7 Å². The Morgan fingerprint density at radius 1 is 1.02 bits per heavy atom. The fourth-order valence-corrected chi connectivity index (χ4v) is 9.57. The number of fused-ring (bicyclic) bond motifs is 1. The Labute approximate surface area is 321 Å². The standard InChI is InChI=1S/C42H64N2O10/c1-13-32-42(9)35-28(6)41(8,50-23-30(44(35)39(48)54-42)20-19-29-17-15-14-16-18-29)24(2)22-40(7,49-12)36(26(4)33(45)27(5)37(47)52-32)53-38-34(46)31(43(10)11)21-25(3)51-38/h14-20,24-28,30-32,34-36,38,46H,13,21-23H2,1-12H3/b20-19+/t24-,25-,26+,27-,28-,30?,31+,32-,34-,35-,36-,38+,40-,41+,42-/m1/s1. The maximum Gasteiger partial charge on any atom is 0.411 e. The van der Waals surface area contributed by atoms with Crippen LogP contribution in [0.3, 0.4) is 0 Å². The van der Waals surface area contributed by atoms with Gasteiger partial charge in [0.15, 0.2) is 17.7 Å². The first-order chi connectivity index (χ1) is 25.3. The molecule has 1 aromatic carbocycles. The Morgan fingerprint density at radius 3 is 2.30 bits per heavy atom. The Balaban J connectivity index is 1.63. The first-order valence-electron chi connectivity index (χ1n) is 19.7. The van der Waals surface area contributed by atoms with Crippen LogP contribution in [0.5, 0.6) is 0 Å². The van der Waals surface area contributed by atoms with Crippen molar-refractivity contribution in [3.05, 3.63) is 42.0 Å². The van der Waals surface area contributed by atoms with Gasteiger partial charge >= 0.3 is 12.1 Å². The summed E-state index contributed by atoms with van der Waals surface area (Å²) in [6, 6.07) is 8.54. The summed E-state index contributed by atoms with van der Waals surface area (Å²) < 4.78 is 38.9. The molecule has 1 N–H and O–H groups in total. The van der Waals surface area contributed by atoms with E-state index >= 15 is 0 Å². The third kappa shape index (κ3) is 7.76. The van der Waals surface area contributed by atoms with Crippen LogP contribution in [0.1, 0.15) is 87.1 Å². The van der Waals surface area contributed by atoms with Gasteiger partial charge in [0, 0.05) is 25.0 Å². The van der Waals surface area contributed by atoms with Crippen LogP contribution in [0.2, 0.25) is 0 Å². The first-order valence-corrected chi connectivity index (χ1v) is 19.7. The van der Waals surface area contributed by atoms with Crippen molar-refractivity contribution in [1.29, 1.82) is 0 Å². The zero-order valence-electron chi connectivity index (χ0n) is 34.3. The number of Topliss-reactive ketones (excluding diaryl/α,β-unsaturated/α-hetero) is 1. The Hall–Kier alpha value is -2.87. The van der Waals surface area contributed by atoms with Crippen molar-refractivity contribution in [2.45, 2.75) is 147 Å². The molecule has 1 amide bonds. The van der Waals surface area contributed by atoms with Gasteiger partial charge in [-0.05, 0) is 79.5 Å². The summed E-state index contributed by atoms with van der Waals surface area (Å²) in [6.45, 7) is 17.2. The molecule has 4 saturated heterocycles. The number of cyclic esters (lactones) is 1. The molecule has 15 atom stereocenters. The van der Waals surface area contributed by atoms with Gasteiger partial charge in [0.1, 0.15) is 18.1 Å². The molecule has 4 aliphatic heterocycles. The monoisotopic (exact) mass is 756 g/mol. The Morgan fingerprint density at radius 2 is 1.69 bits per heavy atom. The van der Waals surface area contributed by atoms with Crippen LogP contribution in [0.4, 0.5) is 4.79 Å². The lowest BCUT2D eigenvalue weighted by molar-refractivity contribution is -0.297. The van der Waals surface area contributed by atoms with Gasteiger partial charge in [0.25, 0.3) is 0 Å². The van der Waals surface area contributed by atoms with Crippen LogP contribution in [0.25, 0.3) is 6.08 Å². The maximum atomic E-state index is 14.4. The number of ketones is 1. The van der Waals surface area contributed by atoms with E-state index in [2.05, 4.69) is 20.8 Å². The number of nitrogens with zero attached hydrogens (tertiary/aromatic N) is 2. The van der Waals surface area contributed by atoms with Crippen LogP contribution < -0.4 is 0 Å².